The SMILES string of the molecule is CCC/C(=N\OCC)C1=C(O)CC(C2CCCSC2)CC1=O.CCOP(=O)(O)C(N)=O. The summed E-state index contributed by atoms with van der Waals surface area (Å²) in [5, 5.41) is 14.5. The summed E-state index contributed by atoms with van der Waals surface area (Å²) in [6.07, 6.45) is 5.10. The normalized spacial score (nSPS) is 24.1. The van der Waals surface area contributed by atoms with Crippen LogP contribution in [0.4, 0.5) is 4.79 Å². The highest BCUT2D eigenvalue weighted by atomic mass is 32.2. The highest BCUT2D eigenvalue weighted by Gasteiger charge is 2.35. The minimum Gasteiger partial charge on any atom is -0.511 e. The second-order valence-corrected chi connectivity index (χ2v) is 10.3. The lowest BCUT2D eigenvalue weighted by Gasteiger charge is -2.32. The van der Waals surface area contributed by atoms with Gasteiger partial charge in [-0.3, -0.25) is 9.59 Å². The molecule has 4 N–H and O–H groups in total. The van der Waals surface area contributed by atoms with E-state index in [1.54, 1.807) is 0 Å². The number of nitrogens with zero attached hydrogens (tertiary/aromatic N) is 1. The van der Waals surface area contributed by atoms with Gasteiger partial charge in [0.25, 0.3) is 0 Å². The Morgan fingerprint density at radius 1 is 1.26 bits per heavy atom. The molecule has 0 aromatic carbocycles. The second kappa shape index (κ2) is 13.9. The lowest BCUT2D eigenvalue weighted by molar-refractivity contribution is -0.117. The molecular formula is C20H35N2O7PS. The van der Waals surface area contributed by atoms with Crippen molar-refractivity contribution in [3.63, 3.8) is 0 Å². The lowest BCUT2D eigenvalue weighted by atomic mass is 9.76. The van der Waals surface area contributed by atoms with Crippen LogP contribution >= 0.6 is 19.4 Å². The van der Waals surface area contributed by atoms with Crippen molar-refractivity contribution in [2.24, 2.45) is 22.7 Å². The van der Waals surface area contributed by atoms with Gasteiger partial charge in [-0.05, 0) is 56.5 Å². The Morgan fingerprint density at radius 3 is 2.42 bits per heavy atom. The zero-order chi connectivity index (χ0) is 23.4. The Labute approximate surface area is 188 Å². The largest absolute Gasteiger partial charge is 0.511 e. The predicted molar refractivity (Wildman–Crippen MR) is 122 cm³/mol. The van der Waals surface area contributed by atoms with Gasteiger partial charge in [0.1, 0.15) is 12.4 Å². The summed E-state index contributed by atoms with van der Waals surface area (Å²) in [5.41, 5.74) is 4.20. The van der Waals surface area contributed by atoms with Crippen molar-refractivity contribution < 1.29 is 33.5 Å². The van der Waals surface area contributed by atoms with Crippen molar-refractivity contribution in [3.8, 4) is 0 Å². The van der Waals surface area contributed by atoms with Crippen LogP contribution < -0.4 is 5.73 Å². The third-order valence-corrected chi connectivity index (χ3v) is 7.40. The van der Waals surface area contributed by atoms with Gasteiger partial charge in [-0.2, -0.15) is 11.8 Å². The molecule has 1 aliphatic carbocycles. The van der Waals surface area contributed by atoms with Crippen LogP contribution in [0.5, 0.6) is 0 Å². The fourth-order valence-corrected chi connectivity index (χ4v) is 5.31. The molecule has 0 aromatic heterocycles. The van der Waals surface area contributed by atoms with Gasteiger partial charge in [-0.25, -0.2) is 4.57 Å². The van der Waals surface area contributed by atoms with E-state index < -0.39 is 13.2 Å². The molecule has 1 saturated heterocycles. The van der Waals surface area contributed by atoms with E-state index in [1.807, 2.05) is 25.6 Å². The van der Waals surface area contributed by atoms with Crippen molar-refractivity contribution >= 4 is 36.5 Å². The summed E-state index contributed by atoms with van der Waals surface area (Å²) in [7, 11) is -4.13. The molecule has 3 atom stereocenters. The van der Waals surface area contributed by atoms with Crippen LogP contribution in [-0.2, 0) is 18.7 Å². The first-order valence-electron chi connectivity index (χ1n) is 10.7. The molecule has 1 aliphatic heterocycles. The van der Waals surface area contributed by atoms with Gasteiger partial charge < -0.3 is 25.1 Å². The Hall–Kier alpha value is -1.35. The number of aliphatic hydroxyl groups is 1. The van der Waals surface area contributed by atoms with Gasteiger partial charge in [0.2, 0.25) is 0 Å². The number of nitrogens with two attached hydrogens (primary N) is 1. The minimum absolute atomic E-state index is 0.00326. The van der Waals surface area contributed by atoms with E-state index in [0.29, 0.717) is 49.0 Å². The van der Waals surface area contributed by atoms with E-state index in [1.165, 1.54) is 25.5 Å². The molecule has 9 nitrogen and oxygen atoms in total. The molecule has 178 valence electrons. The molecule has 1 fully saturated rings. The number of hydrogen-bond donors (Lipinski definition) is 3. The standard InChI is InChI=1S/C17H27NO3S.C3H8NO4P/c1-3-6-14(18-21-4-2)17-15(19)9-13(10-16(17)20)12-7-5-8-22-11-12;1-2-8-9(6,7)3(4)5/h12-13,19H,3-11H2,1-2H3;2H2,1H3,(H2,4,5)(H,6,7)/b18-14+;. The van der Waals surface area contributed by atoms with E-state index in [4.69, 9.17) is 9.73 Å². The average molecular weight is 479 g/mol. The highest BCUT2D eigenvalue weighted by Crippen LogP contribution is 2.41. The third-order valence-electron chi connectivity index (χ3n) is 4.99. The maximum atomic E-state index is 12.6. The van der Waals surface area contributed by atoms with Crippen LogP contribution in [0.3, 0.4) is 0 Å². The molecule has 11 heteroatoms. The highest BCUT2D eigenvalue weighted by molar-refractivity contribution is 7.99. The molecule has 0 aromatic rings. The summed E-state index contributed by atoms with van der Waals surface area (Å²) < 4.78 is 14.5. The second-order valence-electron chi connectivity index (χ2n) is 7.37. The first-order valence-corrected chi connectivity index (χ1v) is 13.4. The molecule has 1 amide bonds. The number of hydrogen-bond acceptors (Lipinski definition) is 8. The van der Waals surface area contributed by atoms with Gasteiger partial charge in [0.05, 0.1) is 17.9 Å². The van der Waals surface area contributed by atoms with Crippen molar-refractivity contribution in [2.75, 3.05) is 24.7 Å². The van der Waals surface area contributed by atoms with Gasteiger partial charge >= 0.3 is 13.2 Å². The number of carbonyl (C=O) groups excluding carboxylic acids is 2. The van der Waals surface area contributed by atoms with Gasteiger partial charge in [-0.15, -0.1) is 0 Å². The number of amides is 1. The van der Waals surface area contributed by atoms with Crippen molar-refractivity contribution in [1.82, 2.24) is 0 Å². The molecule has 3 unspecified atom stereocenters. The Morgan fingerprint density at radius 2 is 1.97 bits per heavy atom. The van der Waals surface area contributed by atoms with Crippen LogP contribution in [0, 0.1) is 11.8 Å². The van der Waals surface area contributed by atoms with Crippen LogP contribution in [-0.4, -0.2) is 51.9 Å². The maximum absolute atomic E-state index is 12.6. The van der Waals surface area contributed by atoms with Gasteiger partial charge in [0, 0.05) is 12.8 Å². The number of thioether (sulfide) groups is 1. The molecule has 31 heavy (non-hydrogen) atoms. The zero-order valence-corrected chi connectivity index (χ0v) is 20.3. The van der Waals surface area contributed by atoms with Crippen molar-refractivity contribution in [1.29, 1.82) is 0 Å². The molecule has 1 heterocycles. The number of carbonyl (C=O) groups is 2. The summed E-state index contributed by atoms with van der Waals surface area (Å²) >= 11 is 1.97. The topological polar surface area (TPSA) is 149 Å². The fraction of sp³-hybridized carbons (Fsp3) is 0.750. The maximum Gasteiger partial charge on any atom is 0.415 e. The number of oxime groups is 1. The smallest absolute Gasteiger partial charge is 0.415 e. The number of rotatable bonds is 9. The van der Waals surface area contributed by atoms with E-state index in [2.05, 4.69) is 15.4 Å². The number of primary amides is 1. The third kappa shape index (κ3) is 8.96. The van der Waals surface area contributed by atoms with E-state index in [0.717, 1.165) is 12.2 Å². The molecule has 0 saturated carbocycles. The van der Waals surface area contributed by atoms with Crippen LogP contribution in [0.25, 0.3) is 0 Å². The van der Waals surface area contributed by atoms with Crippen LogP contribution in [0.1, 0.15) is 59.3 Å². The van der Waals surface area contributed by atoms with Gasteiger partial charge in [0.15, 0.2) is 5.78 Å². The molecular weight excluding hydrogens is 443 g/mol. The average Bonchev–Trinajstić information content (AvgIpc) is 2.72. The van der Waals surface area contributed by atoms with E-state index >= 15 is 0 Å². The number of ketones is 1. The van der Waals surface area contributed by atoms with Crippen molar-refractivity contribution in [2.45, 2.75) is 59.3 Å². The minimum atomic E-state index is -4.13. The monoisotopic (exact) mass is 478 g/mol. The first kappa shape index (κ1) is 27.7. The van der Waals surface area contributed by atoms with E-state index in [9.17, 15) is 19.3 Å². The molecule has 2 rings (SSSR count). The molecule has 2 aliphatic rings. The number of aliphatic hydroxyl groups excluding tert-OH is 1. The Bertz CT molecular complexity index is 720. The number of Topliss-reactive ketones (excluding diaryl/α,β-unsaturated/α-hetero) is 1. The molecule has 0 bridgehead atoms. The predicted octanol–water partition coefficient (Wildman–Crippen LogP) is 4.40. The van der Waals surface area contributed by atoms with E-state index in [-0.39, 0.29) is 18.1 Å². The Balaban J connectivity index is 0.000000452. The molecule has 0 spiro atoms. The summed E-state index contributed by atoms with van der Waals surface area (Å²) in [4.78, 5) is 36.2. The first-order chi connectivity index (χ1) is 14.7. The Kier molecular flexibility index (Phi) is 12.4. The fourth-order valence-electron chi connectivity index (χ4n) is 3.56. The van der Waals surface area contributed by atoms with Crippen LogP contribution in [0.15, 0.2) is 16.5 Å². The van der Waals surface area contributed by atoms with Crippen molar-refractivity contribution in [3.05, 3.63) is 11.3 Å². The number of allylic oxidation sites excluding steroid dienone is 2. The summed E-state index contributed by atoms with van der Waals surface area (Å²) in [6, 6.07) is 0. The molecule has 0 radical (unpaired) electrons. The quantitative estimate of drug-likeness (QED) is 0.251. The zero-order valence-electron chi connectivity index (χ0n) is 18.5. The summed E-state index contributed by atoms with van der Waals surface area (Å²) in [6.45, 7) is 5.86. The van der Waals surface area contributed by atoms with Crippen LogP contribution in [0.2, 0.25) is 0 Å². The lowest BCUT2D eigenvalue weighted by Crippen LogP contribution is -2.30. The summed E-state index contributed by atoms with van der Waals surface area (Å²) in [5.74, 6) is 3.46. The van der Waals surface area contributed by atoms with Gasteiger partial charge in [-0.1, -0.05) is 18.5 Å².